The molecule has 2 aromatic carbocycles. The molecule has 0 heterocycles. The Morgan fingerprint density at radius 2 is 1.86 bits per heavy atom. The van der Waals surface area contributed by atoms with Crippen molar-refractivity contribution in [3.8, 4) is 5.75 Å². The number of hydrogen-bond acceptors (Lipinski definition) is 2. The number of anilines is 1. The molecule has 0 aromatic heterocycles. The van der Waals surface area contributed by atoms with E-state index in [0.717, 1.165) is 5.56 Å². The zero-order chi connectivity index (χ0) is 16.1. The van der Waals surface area contributed by atoms with Gasteiger partial charge in [-0.05, 0) is 23.8 Å². The van der Waals surface area contributed by atoms with Crippen LogP contribution in [-0.4, -0.2) is 17.8 Å². The van der Waals surface area contributed by atoms with Gasteiger partial charge in [-0.25, -0.2) is 0 Å². The highest BCUT2D eigenvalue weighted by atomic mass is 79.9. The van der Waals surface area contributed by atoms with E-state index in [0.29, 0.717) is 16.5 Å². The zero-order valence-corrected chi connectivity index (χ0v) is 15.7. The lowest BCUT2D eigenvalue weighted by Crippen LogP contribution is -2.26. The van der Waals surface area contributed by atoms with Crippen LogP contribution in [0.3, 0.4) is 0 Å². The minimum atomic E-state index is -0.446. The van der Waals surface area contributed by atoms with Gasteiger partial charge in [-0.1, -0.05) is 73.8 Å². The van der Waals surface area contributed by atoms with E-state index in [1.807, 2.05) is 30.3 Å². The highest BCUT2D eigenvalue weighted by Gasteiger charge is 2.25. The Morgan fingerprint density at radius 1 is 1.18 bits per heavy atom. The summed E-state index contributed by atoms with van der Waals surface area (Å²) in [6.45, 7) is 0. The number of halogens is 3. The maximum Gasteiger partial charge on any atom is 0.239 e. The number of rotatable bonds is 5. The van der Waals surface area contributed by atoms with Gasteiger partial charge in [0.05, 0.1) is 17.6 Å². The van der Waals surface area contributed by atoms with Gasteiger partial charge in [0.1, 0.15) is 10.6 Å². The van der Waals surface area contributed by atoms with Crippen molar-refractivity contribution in [2.24, 2.45) is 0 Å². The molecule has 0 spiro atoms. The number of ether oxygens (including phenoxy) is 1. The standard InChI is InChI=1S/C16H14Br2ClNO2/c1-22-13-8-7-11(19)9-12(13)20-16(21)15(18)14(17)10-5-3-2-4-6-10/h2-9,14-15H,1H3,(H,20,21)/t14-,15+/m0/s1. The predicted octanol–water partition coefficient (Wildman–Crippen LogP) is 5.19. The minimum Gasteiger partial charge on any atom is -0.495 e. The molecule has 0 bridgehead atoms. The zero-order valence-electron chi connectivity index (χ0n) is 11.7. The molecular weight excluding hydrogens is 433 g/mol. The van der Waals surface area contributed by atoms with Crippen molar-refractivity contribution in [1.82, 2.24) is 0 Å². The summed E-state index contributed by atoms with van der Waals surface area (Å²) < 4.78 is 5.23. The molecule has 2 aromatic rings. The second-order valence-corrected chi connectivity index (χ2v) is 6.96. The highest BCUT2D eigenvalue weighted by Crippen LogP contribution is 2.33. The number of carbonyl (C=O) groups excluding carboxylic acids is 1. The maximum atomic E-state index is 12.4. The Balaban J connectivity index is 2.13. The van der Waals surface area contributed by atoms with Crippen LogP contribution in [0, 0.1) is 0 Å². The van der Waals surface area contributed by atoms with E-state index in [9.17, 15) is 4.79 Å². The van der Waals surface area contributed by atoms with Crippen LogP contribution >= 0.6 is 43.5 Å². The number of methoxy groups -OCH3 is 1. The molecule has 0 aliphatic heterocycles. The van der Waals surface area contributed by atoms with Crippen LogP contribution in [0.5, 0.6) is 5.75 Å². The monoisotopic (exact) mass is 445 g/mol. The predicted molar refractivity (Wildman–Crippen MR) is 97.5 cm³/mol. The van der Waals surface area contributed by atoms with Crippen LogP contribution < -0.4 is 10.1 Å². The van der Waals surface area contributed by atoms with E-state index in [2.05, 4.69) is 37.2 Å². The van der Waals surface area contributed by atoms with Crippen LogP contribution in [0.2, 0.25) is 5.02 Å². The molecule has 0 saturated carbocycles. The van der Waals surface area contributed by atoms with Crippen LogP contribution in [0.15, 0.2) is 48.5 Å². The Labute approximate surface area is 151 Å². The van der Waals surface area contributed by atoms with E-state index < -0.39 is 4.83 Å². The van der Waals surface area contributed by atoms with Gasteiger partial charge in [0.15, 0.2) is 0 Å². The molecule has 0 aliphatic carbocycles. The largest absolute Gasteiger partial charge is 0.495 e. The number of nitrogens with one attached hydrogen (secondary N) is 1. The van der Waals surface area contributed by atoms with Crippen LogP contribution in [0.25, 0.3) is 0 Å². The van der Waals surface area contributed by atoms with Crippen LogP contribution in [0.1, 0.15) is 10.4 Å². The molecule has 1 amide bonds. The Kier molecular flexibility index (Phi) is 6.29. The van der Waals surface area contributed by atoms with E-state index in [1.54, 1.807) is 25.3 Å². The molecule has 6 heteroatoms. The Bertz CT molecular complexity index is 652. The summed E-state index contributed by atoms with van der Waals surface area (Å²) in [4.78, 5) is 11.8. The van der Waals surface area contributed by atoms with Crippen LogP contribution in [-0.2, 0) is 4.79 Å². The van der Waals surface area contributed by atoms with Crippen molar-refractivity contribution >= 4 is 55.1 Å². The SMILES string of the molecule is COc1ccc(Cl)cc1NC(=O)[C@H](Br)[C@@H](Br)c1ccccc1. The van der Waals surface area contributed by atoms with Gasteiger partial charge < -0.3 is 10.1 Å². The number of benzene rings is 2. The average molecular weight is 448 g/mol. The molecular formula is C16H14Br2ClNO2. The first-order chi connectivity index (χ1) is 10.5. The number of carbonyl (C=O) groups is 1. The van der Waals surface area contributed by atoms with Gasteiger partial charge in [-0.2, -0.15) is 0 Å². The van der Waals surface area contributed by atoms with Gasteiger partial charge in [0.25, 0.3) is 0 Å². The number of hydrogen-bond donors (Lipinski definition) is 1. The fraction of sp³-hybridized carbons (Fsp3) is 0.188. The first kappa shape index (κ1) is 17.3. The van der Waals surface area contributed by atoms with Gasteiger partial charge in [-0.15, -0.1) is 0 Å². The van der Waals surface area contributed by atoms with E-state index in [1.165, 1.54) is 0 Å². The molecule has 3 nitrogen and oxygen atoms in total. The lowest BCUT2D eigenvalue weighted by Gasteiger charge is -2.18. The summed E-state index contributed by atoms with van der Waals surface area (Å²) in [5, 5.41) is 3.36. The van der Waals surface area contributed by atoms with Crippen molar-refractivity contribution in [2.45, 2.75) is 9.65 Å². The van der Waals surface area contributed by atoms with E-state index >= 15 is 0 Å². The third kappa shape index (κ3) is 4.24. The first-order valence-electron chi connectivity index (χ1n) is 6.50. The topological polar surface area (TPSA) is 38.3 Å². The summed E-state index contributed by atoms with van der Waals surface area (Å²) in [6, 6.07) is 14.8. The van der Waals surface area contributed by atoms with Gasteiger partial charge >= 0.3 is 0 Å². The quantitative estimate of drug-likeness (QED) is 0.641. The first-order valence-corrected chi connectivity index (χ1v) is 8.71. The van der Waals surface area contributed by atoms with Crippen molar-refractivity contribution in [3.63, 3.8) is 0 Å². The molecule has 1 N–H and O–H groups in total. The molecule has 2 atom stereocenters. The van der Waals surface area contributed by atoms with Gasteiger partial charge in [-0.3, -0.25) is 4.79 Å². The van der Waals surface area contributed by atoms with Crippen molar-refractivity contribution in [3.05, 3.63) is 59.1 Å². The smallest absolute Gasteiger partial charge is 0.239 e. The number of amides is 1. The van der Waals surface area contributed by atoms with Crippen LogP contribution in [0.4, 0.5) is 5.69 Å². The summed E-state index contributed by atoms with van der Waals surface area (Å²) in [6.07, 6.45) is 0. The lowest BCUT2D eigenvalue weighted by molar-refractivity contribution is -0.115. The molecule has 0 fully saturated rings. The summed E-state index contributed by atoms with van der Waals surface area (Å²) in [5.41, 5.74) is 1.55. The third-order valence-electron chi connectivity index (χ3n) is 3.04. The molecule has 0 saturated heterocycles. The second kappa shape index (κ2) is 7.99. The van der Waals surface area contributed by atoms with Gasteiger partial charge in [0, 0.05) is 5.02 Å². The fourth-order valence-electron chi connectivity index (χ4n) is 1.92. The fourth-order valence-corrected chi connectivity index (χ4v) is 3.06. The Morgan fingerprint density at radius 3 is 2.50 bits per heavy atom. The number of alkyl halides is 2. The Hall–Kier alpha value is -1.04. The third-order valence-corrected chi connectivity index (χ3v) is 5.99. The van der Waals surface area contributed by atoms with Gasteiger partial charge in [0.2, 0.25) is 5.91 Å². The van der Waals surface area contributed by atoms with Crippen molar-refractivity contribution in [1.29, 1.82) is 0 Å². The highest BCUT2D eigenvalue weighted by molar-refractivity contribution is 9.12. The average Bonchev–Trinajstić information content (AvgIpc) is 2.54. The molecule has 0 aliphatic rings. The molecule has 0 unspecified atom stereocenters. The minimum absolute atomic E-state index is 0.154. The molecule has 22 heavy (non-hydrogen) atoms. The summed E-state index contributed by atoms with van der Waals surface area (Å²) in [7, 11) is 1.54. The lowest BCUT2D eigenvalue weighted by atomic mass is 10.1. The normalized spacial score (nSPS) is 13.3. The maximum absolute atomic E-state index is 12.4. The van der Waals surface area contributed by atoms with Crippen molar-refractivity contribution in [2.75, 3.05) is 12.4 Å². The van der Waals surface area contributed by atoms with E-state index in [4.69, 9.17) is 16.3 Å². The molecule has 2 rings (SSSR count). The second-order valence-electron chi connectivity index (χ2n) is 4.55. The summed E-state index contributed by atoms with van der Waals surface area (Å²) in [5.74, 6) is 0.370. The molecule has 0 radical (unpaired) electrons. The summed E-state index contributed by atoms with van der Waals surface area (Å²) >= 11 is 13.0. The van der Waals surface area contributed by atoms with Crippen molar-refractivity contribution < 1.29 is 9.53 Å². The molecule has 116 valence electrons. The van der Waals surface area contributed by atoms with E-state index in [-0.39, 0.29) is 10.7 Å².